The molecular formula is C24H25N3O2S. The topological polar surface area (TPSA) is 50.9 Å². The van der Waals surface area contributed by atoms with Crippen LogP contribution in [-0.4, -0.2) is 33.5 Å². The molecule has 154 valence electrons. The molecule has 2 aromatic heterocycles. The summed E-state index contributed by atoms with van der Waals surface area (Å²) in [5.74, 6) is 3.75. The molecular weight excluding hydrogens is 394 g/mol. The number of aliphatic imine (C=N–C) groups is 1. The number of thioether (sulfide) groups is 1. The summed E-state index contributed by atoms with van der Waals surface area (Å²) < 4.78 is 12.0. The number of fused-ring (bicyclic) bond motifs is 1. The number of benzene rings is 1. The van der Waals surface area contributed by atoms with Gasteiger partial charge in [-0.2, -0.15) is 0 Å². The third-order valence-electron chi connectivity index (χ3n) is 5.70. The minimum absolute atomic E-state index is 0.0336. The molecule has 0 spiro atoms. The second kappa shape index (κ2) is 8.19. The fourth-order valence-corrected chi connectivity index (χ4v) is 5.55. The molecule has 30 heavy (non-hydrogen) atoms. The average Bonchev–Trinajstić information content (AvgIpc) is 3.50. The fraction of sp³-hybridized carbons (Fsp3) is 0.333. The molecule has 3 aromatic rings. The van der Waals surface area contributed by atoms with E-state index in [2.05, 4.69) is 35.0 Å². The van der Waals surface area contributed by atoms with E-state index >= 15 is 0 Å². The Bertz CT molecular complexity index is 1030. The zero-order valence-electron chi connectivity index (χ0n) is 17.2. The number of furan rings is 1. The van der Waals surface area contributed by atoms with Crippen molar-refractivity contribution in [1.29, 1.82) is 0 Å². The highest BCUT2D eigenvalue weighted by Gasteiger charge is 2.46. The van der Waals surface area contributed by atoms with Crippen LogP contribution in [0.5, 0.6) is 5.75 Å². The molecule has 0 amide bonds. The second-order valence-corrected chi connectivity index (χ2v) is 8.48. The molecule has 0 saturated carbocycles. The molecule has 2 aliphatic heterocycles. The molecule has 1 saturated heterocycles. The van der Waals surface area contributed by atoms with Crippen LogP contribution in [0.15, 0.2) is 70.2 Å². The Morgan fingerprint density at radius 2 is 1.97 bits per heavy atom. The number of aromatic nitrogens is 1. The summed E-state index contributed by atoms with van der Waals surface area (Å²) in [6.07, 6.45) is 2.93. The van der Waals surface area contributed by atoms with E-state index in [1.165, 1.54) is 0 Å². The monoisotopic (exact) mass is 419 g/mol. The van der Waals surface area contributed by atoms with Gasteiger partial charge in [0.15, 0.2) is 5.17 Å². The van der Waals surface area contributed by atoms with Gasteiger partial charge in [0.05, 0.1) is 12.3 Å². The van der Waals surface area contributed by atoms with Gasteiger partial charge < -0.3 is 14.1 Å². The summed E-state index contributed by atoms with van der Waals surface area (Å²) in [7, 11) is 0. The Labute approximate surface area is 181 Å². The van der Waals surface area contributed by atoms with Crippen LogP contribution in [0.4, 0.5) is 0 Å². The highest BCUT2D eigenvalue weighted by molar-refractivity contribution is 8.14. The third kappa shape index (κ3) is 3.39. The summed E-state index contributed by atoms with van der Waals surface area (Å²) >= 11 is 1.84. The summed E-state index contributed by atoms with van der Waals surface area (Å²) in [6, 6.07) is 18.7. The highest BCUT2D eigenvalue weighted by atomic mass is 32.2. The molecule has 3 atom stereocenters. The molecule has 6 heteroatoms. The molecule has 4 heterocycles. The Morgan fingerprint density at radius 1 is 1.10 bits per heavy atom. The van der Waals surface area contributed by atoms with Gasteiger partial charge >= 0.3 is 0 Å². The van der Waals surface area contributed by atoms with Crippen LogP contribution in [-0.2, 0) is 0 Å². The van der Waals surface area contributed by atoms with Crippen molar-refractivity contribution in [3.8, 4) is 17.1 Å². The second-order valence-electron chi connectivity index (χ2n) is 7.50. The predicted molar refractivity (Wildman–Crippen MR) is 121 cm³/mol. The summed E-state index contributed by atoms with van der Waals surface area (Å²) in [6.45, 7) is 4.89. The van der Waals surface area contributed by atoms with Gasteiger partial charge in [-0.25, -0.2) is 4.99 Å². The van der Waals surface area contributed by atoms with Gasteiger partial charge in [0.1, 0.15) is 29.4 Å². The van der Waals surface area contributed by atoms with Crippen molar-refractivity contribution in [2.75, 3.05) is 12.4 Å². The van der Waals surface area contributed by atoms with Gasteiger partial charge in [-0.1, -0.05) is 24.8 Å². The molecule has 0 N–H and O–H groups in total. The minimum atomic E-state index is -0.0534. The van der Waals surface area contributed by atoms with Gasteiger partial charge in [0.25, 0.3) is 0 Å². The first-order valence-electron chi connectivity index (χ1n) is 10.5. The van der Waals surface area contributed by atoms with Crippen molar-refractivity contribution in [3.05, 3.63) is 72.2 Å². The van der Waals surface area contributed by atoms with Gasteiger partial charge in [0, 0.05) is 23.6 Å². The van der Waals surface area contributed by atoms with E-state index in [0.717, 1.165) is 45.9 Å². The Kier molecular flexibility index (Phi) is 5.25. The molecule has 2 aliphatic rings. The molecule has 0 unspecified atom stereocenters. The molecule has 0 radical (unpaired) electrons. The molecule has 1 aromatic carbocycles. The summed E-state index contributed by atoms with van der Waals surface area (Å²) in [4.78, 5) is 12.1. The maximum Gasteiger partial charge on any atom is 0.161 e. The number of amidine groups is 1. The quantitative estimate of drug-likeness (QED) is 0.511. The van der Waals surface area contributed by atoms with Crippen molar-refractivity contribution in [3.63, 3.8) is 0 Å². The first kappa shape index (κ1) is 19.2. The SMILES string of the molecule is CCOc1ccc(-c2ccc([C@H]3[C@H](c4ccccn4)N=C4SC[C@@H](CC)N43)o2)cc1. The van der Waals surface area contributed by atoms with Crippen LogP contribution in [0.3, 0.4) is 0 Å². The number of ether oxygens (including phenoxy) is 1. The van der Waals surface area contributed by atoms with Crippen molar-refractivity contribution in [2.45, 2.75) is 38.4 Å². The van der Waals surface area contributed by atoms with E-state index in [4.69, 9.17) is 14.1 Å². The van der Waals surface area contributed by atoms with Crippen LogP contribution in [0.2, 0.25) is 0 Å². The highest BCUT2D eigenvalue weighted by Crippen LogP contribution is 2.49. The zero-order valence-corrected chi connectivity index (χ0v) is 18.0. The first-order chi connectivity index (χ1) is 14.8. The van der Waals surface area contributed by atoms with Crippen molar-refractivity contribution in [2.24, 2.45) is 4.99 Å². The van der Waals surface area contributed by atoms with E-state index in [1.54, 1.807) is 0 Å². The molecule has 1 fully saturated rings. The van der Waals surface area contributed by atoms with Crippen LogP contribution < -0.4 is 4.74 Å². The van der Waals surface area contributed by atoms with Crippen LogP contribution in [0.1, 0.15) is 43.8 Å². The number of hydrogen-bond donors (Lipinski definition) is 0. The molecule has 0 bridgehead atoms. The lowest BCUT2D eigenvalue weighted by molar-refractivity contribution is 0.226. The van der Waals surface area contributed by atoms with Crippen LogP contribution in [0.25, 0.3) is 11.3 Å². The smallest absolute Gasteiger partial charge is 0.161 e. The maximum atomic E-state index is 6.41. The number of pyridine rings is 1. The normalized spacial score (nSPS) is 22.8. The molecule has 5 nitrogen and oxygen atoms in total. The predicted octanol–water partition coefficient (Wildman–Crippen LogP) is 5.72. The lowest BCUT2D eigenvalue weighted by Crippen LogP contribution is -2.35. The van der Waals surface area contributed by atoms with E-state index < -0.39 is 0 Å². The molecule has 0 aliphatic carbocycles. The van der Waals surface area contributed by atoms with Gasteiger partial charge in [-0.05, 0) is 61.9 Å². The minimum Gasteiger partial charge on any atom is -0.494 e. The molecule has 5 rings (SSSR count). The van der Waals surface area contributed by atoms with Crippen LogP contribution in [0, 0.1) is 0 Å². The largest absolute Gasteiger partial charge is 0.494 e. The Balaban J connectivity index is 1.49. The number of nitrogens with zero attached hydrogens (tertiary/aromatic N) is 3. The standard InChI is InChI=1S/C24H25N3O2S/c1-3-17-15-30-24-26-22(19-7-5-6-14-25-19)23(27(17)24)21-13-12-20(29-21)16-8-10-18(11-9-16)28-4-2/h5-14,17,22-23H,3-4,15H2,1-2H3/t17-,22+,23+/m1/s1. The van der Waals surface area contributed by atoms with Crippen molar-refractivity contribution < 1.29 is 9.15 Å². The lowest BCUT2D eigenvalue weighted by Gasteiger charge is -2.30. The van der Waals surface area contributed by atoms with Gasteiger partial charge in [0.2, 0.25) is 0 Å². The summed E-state index contributed by atoms with van der Waals surface area (Å²) in [5, 5.41) is 1.11. The number of hydrogen-bond acceptors (Lipinski definition) is 6. The third-order valence-corrected chi connectivity index (χ3v) is 6.82. The fourth-order valence-electron chi connectivity index (χ4n) is 4.21. The van der Waals surface area contributed by atoms with Crippen molar-refractivity contribution in [1.82, 2.24) is 9.88 Å². The van der Waals surface area contributed by atoms with Crippen LogP contribution >= 0.6 is 11.8 Å². The summed E-state index contributed by atoms with van der Waals surface area (Å²) in [5.41, 5.74) is 2.03. The zero-order chi connectivity index (χ0) is 20.5. The Morgan fingerprint density at radius 3 is 2.70 bits per heavy atom. The maximum absolute atomic E-state index is 6.41. The van der Waals surface area contributed by atoms with E-state index in [-0.39, 0.29) is 12.1 Å². The van der Waals surface area contributed by atoms with E-state index in [9.17, 15) is 0 Å². The first-order valence-corrected chi connectivity index (χ1v) is 11.5. The Hall–Kier alpha value is -2.73. The van der Waals surface area contributed by atoms with E-state index in [1.807, 2.05) is 61.3 Å². The lowest BCUT2D eigenvalue weighted by atomic mass is 10.0. The number of rotatable bonds is 6. The van der Waals surface area contributed by atoms with Gasteiger partial charge in [-0.3, -0.25) is 4.98 Å². The van der Waals surface area contributed by atoms with E-state index in [0.29, 0.717) is 12.6 Å². The average molecular weight is 420 g/mol. The van der Waals surface area contributed by atoms with Crippen molar-refractivity contribution >= 4 is 16.9 Å². The van der Waals surface area contributed by atoms with Gasteiger partial charge in [-0.15, -0.1) is 0 Å².